The number of nitrogens with zero attached hydrogens (tertiary/aromatic N) is 4. The summed E-state index contributed by atoms with van der Waals surface area (Å²) in [6.07, 6.45) is 2.28. The number of rotatable bonds is 6. The van der Waals surface area contributed by atoms with Crippen molar-refractivity contribution in [1.29, 1.82) is 0 Å². The topological polar surface area (TPSA) is 118 Å². The molecule has 2 atom stereocenters. The van der Waals surface area contributed by atoms with E-state index in [-0.39, 0.29) is 18.0 Å². The Balaban J connectivity index is 1.75. The average molecular weight is 412 g/mol. The number of aryl methyl sites for hydroxylation is 1. The predicted molar refractivity (Wildman–Crippen MR) is 108 cm³/mol. The molecule has 0 spiro atoms. The van der Waals surface area contributed by atoms with Gasteiger partial charge in [-0.25, -0.2) is 14.4 Å². The van der Waals surface area contributed by atoms with Crippen LogP contribution in [0.25, 0.3) is 33.5 Å². The average Bonchev–Trinajstić information content (AvgIpc) is 3.28. The zero-order chi connectivity index (χ0) is 21.4. The number of fused-ring (bicyclic) bond motifs is 2. The van der Waals surface area contributed by atoms with Gasteiger partial charge in [0.2, 0.25) is 0 Å². The van der Waals surface area contributed by atoms with Crippen molar-refractivity contribution < 1.29 is 19.0 Å². The second-order valence-electron chi connectivity index (χ2n) is 7.06. The minimum Gasteiger partial charge on any atom is -0.391 e. The van der Waals surface area contributed by atoms with Gasteiger partial charge in [0.05, 0.1) is 36.0 Å². The number of hydrogen-bond donors (Lipinski definition) is 3. The smallest absolute Gasteiger partial charge is 0.255 e. The van der Waals surface area contributed by atoms with Crippen LogP contribution in [-0.2, 0) is 11.8 Å². The molecule has 0 aliphatic carbocycles. The van der Waals surface area contributed by atoms with Crippen molar-refractivity contribution in [2.45, 2.75) is 19.1 Å². The Morgan fingerprint density at radius 3 is 2.97 bits per heavy atom. The van der Waals surface area contributed by atoms with Crippen molar-refractivity contribution in [1.82, 2.24) is 30.0 Å². The van der Waals surface area contributed by atoms with Crippen LogP contribution < -0.4 is 5.32 Å². The van der Waals surface area contributed by atoms with Crippen LogP contribution in [0.2, 0.25) is 0 Å². The molecule has 1 amide bonds. The van der Waals surface area contributed by atoms with Crippen molar-refractivity contribution in [3.05, 3.63) is 42.0 Å². The van der Waals surface area contributed by atoms with Gasteiger partial charge in [-0.2, -0.15) is 5.10 Å². The molecule has 0 fully saturated rings. The molecule has 0 saturated carbocycles. The second-order valence-corrected chi connectivity index (χ2v) is 7.06. The number of methoxy groups -OCH3 is 1. The summed E-state index contributed by atoms with van der Waals surface area (Å²) >= 11 is 0. The summed E-state index contributed by atoms with van der Waals surface area (Å²) in [7, 11) is 3.21. The summed E-state index contributed by atoms with van der Waals surface area (Å²) in [5.41, 5.74) is 2.71. The van der Waals surface area contributed by atoms with Gasteiger partial charge in [-0.1, -0.05) is 0 Å². The summed E-state index contributed by atoms with van der Waals surface area (Å²) in [5, 5.41) is 17.8. The third kappa shape index (κ3) is 3.51. The number of nitrogens with one attached hydrogen (secondary N) is 2. The molecule has 9 nitrogen and oxygen atoms in total. The van der Waals surface area contributed by atoms with Crippen LogP contribution in [0.4, 0.5) is 4.39 Å². The Morgan fingerprint density at radius 2 is 2.23 bits per heavy atom. The monoisotopic (exact) mass is 412 g/mol. The number of ether oxygens (including phenoxy) is 1. The van der Waals surface area contributed by atoms with Crippen molar-refractivity contribution >= 4 is 28.0 Å². The molecule has 10 heteroatoms. The quantitative estimate of drug-likeness (QED) is 0.444. The van der Waals surface area contributed by atoms with Crippen LogP contribution in [0, 0.1) is 5.82 Å². The number of H-pyrrole nitrogens is 1. The van der Waals surface area contributed by atoms with E-state index < -0.39 is 18.1 Å². The number of carbonyl (C=O) groups is 1. The molecule has 3 N–H and O–H groups in total. The summed E-state index contributed by atoms with van der Waals surface area (Å²) in [4.78, 5) is 24.7. The van der Waals surface area contributed by atoms with E-state index in [9.17, 15) is 14.3 Å². The highest BCUT2D eigenvalue weighted by molar-refractivity contribution is 6.05. The van der Waals surface area contributed by atoms with E-state index >= 15 is 0 Å². The highest BCUT2D eigenvalue weighted by atomic mass is 19.1. The number of hydrogen-bond acceptors (Lipinski definition) is 6. The molecule has 3 aromatic heterocycles. The van der Waals surface area contributed by atoms with Gasteiger partial charge in [0.1, 0.15) is 22.7 Å². The van der Waals surface area contributed by atoms with Crippen LogP contribution in [0.1, 0.15) is 17.3 Å². The maximum Gasteiger partial charge on any atom is 0.255 e. The van der Waals surface area contributed by atoms with Crippen LogP contribution in [-0.4, -0.2) is 61.6 Å². The first-order valence-electron chi connectivity index (χ1n) is 9.33. The molecule has 3 heterocycles. The second kappa shape index (κ2) is 7.81. The number of aliphatic hydroxyl groups is 1. The fourth-order valence-electron chi connectivity index (χ4n) is 3.33. The van der Waals surface area contributed by atoms with Gasteiger partial charge < -0.3 is 20.1 Å². The fourth-order valence-corrected chi connectivity index (χ4v) is 3.33. The van der Waals surface area contributed by atoms with E-state index in [2.05, 4.69) is 25.4 Å². The van der Waals surface area contributed by atoms with E-state index in [1.54, 1.807) is 30.9 Å². The van der Waals surface area contributed by atoms with E-state index in [0.717, 1.165) is 5.39 Å². The Labute approximate surface area is 170 Å². The van der Waals surface area contributed by atoms with Crippen molar-refractivity contribution in [2.24, 2.45) is 7.05 Å². The molecule has 0 unspecified atom stereocenters. The molecule has 4 rings (SSSR count). The lowest BCUT2D eigenvalue weighted by atomic mass is 10.1. The first-order chi connectivity index (χ1) is 14.4. The number of aromatic nitrogens is 5. The van der Waals surface area contributed by atoms with Crippen LogP contribution in [0.5, 0.6) is 0 Å². The fraction of sp³-hybridized carbons (Fsp3) is 0.300. The molecule has 0 aliphatic rings. The maximum absolute atomic E-state index is 13.6. The molecule has 0 aliphatic heterocycles. The first kappa shape index (κ1) is 19.9. The highest BCUT2D eigenvalue weighted by Gasteiger charge is 2.22. The number of benzene rings is 1. The zero-order valence-electron chi connectivity index (χ0n) is 16.7. The third-order valence-electron chi connectivity index (χ3n) is 4.93. The van der Waals surface area contributed by atoms with Gasteiger partial charge in [0, 0.05) is 25.7 Å². The van der Waals surface area contributed by atoms with E-state index in [4.69, 9.17) is 4.74 Å². The molecule has 1 aromatic carbocycles. The number of amides is 1. The molecular formula is C20H21FN6O3. The first-order valence-corrected chi connectivity index (χ1v) is 9.33. The number of carbonyl (C=O) groups excluding carboxylic acids is 1. The van der Waals surface area contributed by atoms with Gasteiger partial charge >= 0.3 is 0 Å². The van der Waals surface area contributed by atoms with Gasteiger partial charge in [-0.3, -0.25) is 9.48 Å². The molecule has 0 radical (unpaired) electrons. The normalized spacial score (nSPS) is 13.6. The number of aliphatic hydroxyl groups excluding tert-OH is 1. The minimum atomic E-state index is -0.791. The molecule has 4 aromatic rings. The third-order valence-corrected chi connectivity index (χ3v) is 4.93. The molecule has 30 heavy (non-hydrogen) atoms. The lowest BCUT2D eigenvalue weighted by molar-refractivity contribution is 0.0663. The molecule has 156 valence electrons. The van der Waals surface area contributed by atoms with Crippen molar-refractivity contribution in [2.75, 3.05) is 13.7 Å². The van der Waals surface area contributed by atoms with E-state index in [1.165, 1.54) is 25.4 Å². The van der Waals surface area contributed by atoms with Crippen LogP contribution >= 0.6 is 0 Å². The van der Waals surface area contributed by atoms with Crippen LogP contribution in [0.15, 0.2) is 30.6 Å². The maximum atomic E-state index is 13.6. The summed E-state index contributed by atoms with van der Waals surface area (Å²) in [6.45, 7) is 1.74. The van der Waals surface area contributed by atoms with Crippen LogP contribution in [0.3, 0.4) is 0 Å². The Kier molecular flexibility index (Phi) is 5.18. The van der Waals surface area contributed by atoms with E-state index in [1.807, 2.05) is 0 Å². The Morgan fingerprint density at radius 1 is 1.43 bits per heavy atom. The van der Waals surface area contributed by atoms with Crippen molar-refractivity contribution in [3.8, 4) is 11.4 Å². The van der Waals surface area contributed by atoms with Gasteiger partial charge in [0.25, 0.3) is 5.91 Å². The Bertz CT molecular complexity index is 1230. The standard InChI is InChI=1S/C20H21FN6O3/c1-10(28)15(9-30-3)25-20(29)13-7-22-19-18(13)24-14(8-23-19)17-12-5-4-11(21)6-16(12)27(2)26-17/h4-8,10,15,28H,9H2,1-3H3,(H,22,23)(H,25,29)/t10-,15-/m1/s1. The minimum absolute atomic E-state index is 0.166. The predicted octanol–water partition coefficient (Wildman–Crippen LogP) is 1.78. The lowest BCUT2D eigenvalue weighted by Gasteiger charge is -2.20. The van der Waals surface area contributed by atoms with Gasteiger partial charge in [0.15, 0.2) is 5.65 Å². The number of halogens is 1. The molecular weight excluding hydrogens is 391 g/mol. The van der Waals surface area contributed by atoms with Crippen molar-refractivity contribution in [3.63, 3.8) is 0 Å². The summed E-state index contributed by atoms with van der Waals surface area (Å²) in [5.74, 6) is -0.768. The molecule has 0 saturated heterocycles. The lowest BCUT2D eigenvalue weighted by Crippen LogP contribution is -2.45. The SMILES string of the molecule is COC[C@@H](NC(=O)c1c[nH]c2ncc(-c3nn(C)c4cc(F)ccc34)nc12)[C@@H](C)O. The van der Waals surface area contributed by atoms with E-state index in [0.29, 0.717) is 28.1 Å². The van der Waals surface area contributed by atoms with Gasteiger partial charge in [-0.15, -0.1) is 0 Å². The Hall–Kier alpha value is -3.37. The number of aromatic amines is 1. The summed E-state index contributed by atoms with van der Waals surface area (Å²) in [6, 6.07) is 3.83. The van der Waals surface area contributed by atoms with Gasteiger partial charge in [-0.05, 0) is 25.1 Å². The largest absolute Gasteiger partial charge is 0.391 e. The summed E-state index contributed by atoms with van der Waals surface area (Å²) < 4.78 is 20.2. The molecule has 0 bridgehead atoms. The highest BCUT2D eigenvalue weighted by Crippen LogP contribution is 2.28. The zero-order valence-corrected chi connectivity index (χ0v) is 16.7.